The summed E-state index contributed by atoms with van der Waals surface area (Å²) in [7, 11) is 1.16. The lowest BCUT2D eigenvalue weighted by Crippen LogP contribution is -2.18. The van der Waals surface area contributed by atoms with E-state index in [2.05, 4.69) is 9.46 Å². The van der Waals surface area contributed by atoms with Crippen LogP contribution in [0.4, 0.5) is 18.9 Å². The maximum atomic E-state index is 13.1. The van der Waals surface area contributed by atoms with E-state index in [1.807, 2.05) is 0 Å². The number of benzene rings is 3. The first kappa shape index (κ1) is 28.3. The van der Waals surface area contributed by atoms with Crippen molar-refractivity contribution in [2.75, 3.05) is 33.2 Å². The van der Waals surface area contributed by atoms with E-state index in [0.717, 1.165) is 18.2 Å². The number of ether oxygens (including phenoxy) is 5. The summed E-state index contributed by atoms with van der Waals surface area (Å²) in [5.74, 6) is -0.165. The third kappa shape index (κ3) is 6.54. The van der Waals surface area contributed by atoms with Crippen LogP contribution in [0.2, 0.25) is 0 Å². The molecule has 3 rings (SSSR count). The predicted octanol–water partition coefficient (Wildman–Crippen LogP) is 5.30. The van der Waals surface area contributed by atoms with Gasteiger partial charge in [0.1, 0.15) is 11.4 Å². The molecular weight excluding hydrogens is 531 g/mol. The molecule has 0 bridgehead atoms. The molecule has 38 heavy (non-hydrogen) atoms. The van der Waals surface area contributed by atoms with Crippen molar-refractivity contribution in [1.82, 2.24) is 0 Å². The van der Waals surface area contributed by atoms with Gasteiger partial charge in [-0.3, -0.25) is 4.72 Å². The summed E-state index contributed by atoms with van der Waals surface area (Å²) in [5.41, 5.74) is 0.527. The van der Waals surface area contributed by atoms with Gasteiger partial charge in [0.25, 0.3) is 10.0 Å². The summed E-state index contributed by atoms with van der Waals surface area (Å²) < 4.78 is 91.0. The largest absolute Gasteiger partial charge is 0.573 e. The average molecular weight is 556 g/mol. The number of hydrogen-bond donors (Lipinski definition) is 2. The van der Waals surface area contributed by atoms with Gasteiger partial charge >= 0.3 is 6.36 Å². The molecule has 0 aliphatic carbocycles. The fourth-order valence-corrected chi connectivity index (χ4v) is 4.54. The van der Waals surface area contributed by atoms with Crippen LogP contribution in [0.5, 0.6) is 34.5 Å². The van der Waals surface area contributed by atoms with Crippen LogP contribution in [0.15, 0.2) is 53.4 Å². The number of nitrogens with one attached hydrogen (secondary N) is 1. The standard InChI is InChI=1S/C25H24F3NO8S/c1-33-19-11-10-16(9-8-15-12-20(34-2)24(36-4)21(13-15)35-3)22(23(19)30)29-38(31,32)18-7-5-6-17(14-18)37-25(26,27)28/h5-14,29-30H,1-4H3/b9-8-. The number of phenols is 1. The Labute approximate surface area is 217 Å². The van der Waals surface area contributed by atoms with Crippen LogP contribution < -0.4 is 28.4 Å². The van der Waals surface area contributed by atoms with Crippen molar-refractivity contribution >= 4 is 27.9 Å². The van der Waals surface area contributed by atoms with Crippen LogP contribution in [0, 0.1) is 0 Å². The van der Waals surface area contributed by atoms with Gasteiger partial charge in [0, 0.05) is 11.6 Å². The number of hydrogen-bond acceptors (Lipinski definition) is 8. The Morgan fingerprint density at radius 2 is 1.47 bits per heavy atom. The fourth-order valence-electron chi connectivity index (χ4n) is 3.41. The summed E-state index contributed by atoms with van der Waals surface area (Å²) in [5, 5.41) is 10.7. The van der Waals surface area contributed by atoms with Crippen LogP contribution >= 0.6 is 0 Å². The minimum atomic E-state index is -5.01. The van der Waals surface area contributed by atoms with Gasteiger partial charge in [-0.2, -0.15) is 0 Å². The zero-order valence-corrected chi connectivity index (χ0v) is 21.4. The zero-order valence-electron chi connectivity index (χ0n) is 20.6. The molecule has 0 heterocycles. The highest BCUT2D eigenvalue weighted by Gasteiger charge is 2.31. The first-order valence-corrected chi connectivity index (χ1v) is 12.2. The van der Waals surface area contributed by atoms with Gasteiger partial charge in [0.2, 0.25) is 5.75 Å². The van der Waals surface area contributed by atoms with Gasteiger partial charge in [-0.25, -0.2) is 8.42 Å². The molecule has 0 aliphatic heterocycles. The van der Waals surface area contributed by atoms with Gasteiger partial charge in [0.05, 0.1) is 33.3 Å². The second-order valence-corrected chi connectivity index (χ2v) is 9.18. The summed E-state index contributed by atoms with van der Waals surface area (Å²) >= 11 is 0. The number of alkyl halides is 3. The van der Waals surface area contributed by atoms with E-state index in [1.165, 1.54) is 46.6 Å². The van der Waals surface area contributed by atoms with Crippen LogP contribution in [0.3, 0.4) is 0 Å². The van der Waals surface area contributed by atoms with E-state index < -0.39 is 32.8 Å². The lowest BCUT2D eigenvalue weighted by Gasteiger charge is -2.16. The molecular formula is C25H24F3NO8S. The molecule has 9 nitrogen and oxygen atoms in total. The second-order valence-electron chi connectivity index (χ2n) is 7.50. The average Bonchev–Trinajstić information content (AvgIpc) is 2.87. The first-order chi connectivity index (χ1) is 17.9. The number of anilines is 1. The Bertz CT molecular complexity index is 1410. The molecule has 3 aromatic carbocycles. The van der Waals surface area contributed by atoms with Gasteiger partial charge in [-0.05, 0) is 42.0 Å². The third-order valence-corrected chi connectivity index (χ3v) is 6.47. The lowest BCUT2D eigenvalue weighted by molar-refractivity contribution is -0.274. The molecule has 0 unspecified atom stereocenters. The van der Waals surface area contributed by atoms with E-state index >= 15 is 0 Å². The zero-order chi connectivity index (χ0) is 28.1. The third-order valence-electron chi connectivity index (χ3n) is 5.12. The molecule has 3 aromatic rings. The van der Waals surface area contributed by atoms with Crippen molar-refractivity contribution in [3.63, 3.8) is 0 Å². The summed E-state index contributed by atoms with van der Waals surface area (Å²) in [4.78, 5) is -0.527. The van der Waals surface area contributed by atoms with E-state index in [0.29, 0.717) is 28.9 Å². The Hall–Kier alpha value is -4.26. The summed E-state index contributed by atoms with van der Waals surface area (Å²) in [6.07, 6.45) is -1.91. The van der Waals surface area contributed by atoms with E-state index in [-0.39, 0.29) is 17.0 Å². The molecule has 0 aliphatic rings. The van der Waals surface area contributed by atoms with Crippen molar-refractivity contribution in [2.45, 2.75) is 11.3 Å². The van der Waals surface area contributed by atoms with E-state index in [4.69, 9.17) is 18.9 Å². The molecule has 13 heteroatoms. The highest BCUT2D eigenvalue weighted by atomic mass is 32.2. The Balaban J connectivity index is 2.04. The lowest BCUT2D eigenvalue weighted by atomic mass is 10.1. The van der Waals surface area contributed by atoms with Crippen LogP contribution in [-0.4, -0.2) is 48.3 Å². The molecule has 0 radical (unpaired) electrons. The number of phenolic OH excluding ortho intramolecular Hbond substituents is 1. The highest BCUT2D eigenvalue weighted by Crippen LogP contribution is 2.41. The SMILES string of the molecule is COc1ccc(/C=C\c2cc(OC)c(OC)c(OC)c2)c(NS(=O)(=O)c2cccc(OC(F)(F)F)c2)c1O. The van der Waals surface area contributed by atoms with Gasteiger partial charge in [0.15, 0.2) is 23.0 Å². The van der Waals surface area contributed by atoms with Crippen molar-refractivity contribution in [3.8, 4) is 34.5 Å². The second kappa shape index (κ2) is 11.4. The molecule has 0 amide bonds. The molecule has 0 spiro atoms. The molecule has 0 saturated heterocycles. The van der Waals surface area contributed by atoms with Gasteiger partial charge < -0.3 is 28.8 Å². The van der Waals surface area contributed by atoms with Crippen LogP contribution in [0.1, 0.15) is 11.1 Å². The van der Waals surface area contributed by atoms with Crippen molar-refractivity contribution in [1.29, 1.82) is 0 Å². The predicted molar refractivity (Wildman–Crippen MR) is 134 cm³/mol. The monoisotopic (exact) mass is 555 g/mol. The van der Waals surface area contributed by atoms with Crippen molar-refractivity contribution in [2.24, 2.45) is 0 Å². The Kier molecular flexibility index (Phi) is 8.51. The number of sulfonamides is 1. The normalized spacial score (nSPS) is 11.8. The topological polar surface area (TPSA) is 113 Å². The molecule has 0 fully saturated rings. The van der Waals surface area contributed by atoms with Gasteiger partial charge in [-0.1, -0.05) is 18.2 Å². The molecule has 0 saturated carbocycles. The number of halogens is 3. The van der Waals surface area contributed by atoms with Crippen LogP contribution in [-0.2, 0) is 10.0 Å². The number of aromatic hydroxyl groups is 1. The van der Waals surface area contributed by atoms with Crippen molar-refractivity contribution < 1.29 is 50.4 Å². The van der Waals surface area contributed by atoms with Crippen LogP contribution in [0.25, 0.3) is 12.2 Å². The van der Waals surface area contributed by atoms with Gasteiger partial charge in [-0.15, -0.1) is 13.2 Å². The highest BCUT2D eigenvalue weighted by molar-refractivity contribution is 7.92. The minimum absolute atomic E-state index is 0.0400. The molecule has 0 aromatic heterocycles. The summed E-state index contributed by atoms with van der Waals surface area (Å²) in [6.45, 7) is 0. The fraction of sp³-hybridized carbons (Fsp3) is 0.200. The summed E-state index contributed by atoms with van der Waals surface area (Å²) in [6, 6.07) is 10.0. The molecule has 2 N–H and O–H groups in total. The first-order valence-electron chi connectivity index (χ1n) is 10.7. The quantitative estimate of drug-likeness (QED) is 0.256. The Morgan fingerprint density at radius 3 is 2.03 bits per heavy atom. The maximum absolute atomic E-state index is 13.1. The van der Waals surface area contributed by atoms with E-state index in [9.17, 15) is 26.7 Å². The molecule has 0 atom stereocenters. The number of rotatable bonds is 10. The Morgan fingerprint density at radius 1 is 0.842 bits per heavy atom. The van der Waals surface area contributed by atoms with E-state index in [1.54, 1.807) is 18.2 Å². The maximum Gasteiger partial charge on any atom is 0.573 e. The molecule has 204 valence electrons. The number of methoxy groups -OCH3 is 4. The smallest absolute Gasteiger partial charge is 0.503 e. The minimum Gasteiger partial charge on any atom is -0.503 e. The van der Waals surface area contributed by atoms with Crippen molar-refractivity contribution in [3.05, 3.63) is 59.7 Å².